The Morgan fingerprint density at radius 2 is 0.372 bits per heavy atom. The second kappa shape index (κ2) is 25.6. The molecule has 0 spiro atoms. The molecule has 35 nitrogen and oxygen atoms in total. The number of aromatic nitrogens is 12. The summed E-state index contributed by atoms with van der Waals surface area (Å²) in [5, 5.41) is 0. The Labute approximate surface area is 542 Å². The normalized spacial score (nSPS) is 31.0. The highest BCUT2D eigenvalue weighted by atomic mass is 16.6. The summed E-state index contributed by atoms with van der Waals surface area (Å²) >= 11 is 0. The summed E-state index contributed by atoms with van der Waals surface area (Å²) in [6.45, 7) is 20.4. The first-order valence-electron chi connectivity index (χ1n) is 33.7. The van der Waals surface area contributed by atoms with Crippen molar-refractivity contribution in [2.45, 2.75) is 106 Å². The molecule has 94 heavy (non-hydrogen) atoms. The molecule has 14 aliphatic rings. The van der Waals surface area contributed by atoms with Crippen LogP contribution in [0, 0.1) is 5.92 Å². The second-order valence-corrected chi connectivity index (χ2v) is 27.1. The fourth-order valence-corrected chi connectivity index (χ4v) is 11.4. The SMILES string of the molecule is CCC(C)CN(CC1CO1)c1nc(N(CC2CO2)CC2CO2)nc(N(CC2CO2)c2nc(N(CC3CO3)c3nc(N(CC4CO4)CC4CO4)nc(N(CC4CO4)CC4CO4)n3)nc(N(CC3CO3)c3nc(N(CC4CO4)CC4CO4)nc(N(CC4CO4)CC4CO4)n3)n2)n1. The third kappa shape index (κ3) is 16.4. The van der Waals surface area contributed by atoms with Gasteiger partial charge in [0.25, 0.3) is 0 Å². The van der Waals surface area contributed by atoms with E-state index in [1.807, 2.05) is 14.7 Å². The number of hydrogen-bond acceptors (Lipinski definition) is 35. The highest BCUT2D eigenvalue weighted by Crippen LogP contribution is 2.38. The van der Waals surface area contributed by atoms with E-state index < -0.39 is 0 Å². The third-order valence-electron chi connectivity index (χ3n) is 18.2. The Balaban J connectivity index is 0.826. The molecule has 15 unspecified atom stereocenters. The van der Waals surface area contributed by atoms with E-state index in [2.05, 4.69) is 43.2 Å². The average molecular weight is 1310 g/mol. The van der Waals surface area contributed by atoms with Crippen LogP contribution in [0.2, 0.25) is 0 Å². The van der Waals surface area contributed by atoms with Gasteiger partial charge in [-0.05, 0) is 5.92 Å². The predicted octanol–water partition coefficient (Wildman–Crippen LogP) is -1.69. The van der Waals surface area contributed by atoms with E-state index in [0.717, 1.165) is 6.42 Å². The van der Waals surface area contributed by atoms with E-state index in [1.54, 1.807) is 0 Å². The number of rotatable bonds is 43. The maximum absolute atomic E-state index is 6.15. The van der Waals surface area contributed by atoms with Gasteiger partial charge in [0.2, 0.25) is 71.4 Å². The van der Waals surface area contributed by atoms with Crippen LogP contribution in [-0.4, -0.2) is 336 Å². The Morgan fingerprint density at radius 1 is 0.234 bits per heavy atom. The van der Waals surface area contributed by atoms with E-state index in [4.69, 9.17) is 126 Å². The van der Waals surface area contributed by atoms with Crippen LogP contribution in [-0.2, 0) is 66.3 Å². The molecule has 14 aliphatic heterocycles. The largest absolute Gasteiger partial charge is 0.371 e. The molecule has 506 valence electrons. The van der Waals surface area contributed by atoms with Crippen molar-refractivity contribution >= 4 is 71.4 Å². The first-order chi connectivity index (χ1) is 46.2. The summed E-state index contributed by atoms with van der Waals surface area (Å²) < 4.78 is 83.0. The van der Waals surface area contributed by atoms with E-state index in [9.17, 15) is 0 Å². The fraction of sp³-hybridized carbons (Fsp3) is 0.797. The van der Waals surface area contributed by atoms with Gasteiger partial charge in [0, 0.05) is 78.5 Å². The number of hydrogen-bond donors (Lipinski definition) is 0. The van der Waals surface area contributed by atoms with Crippen molar-refractivity contribution in [1.29, 1.82) is 0 Å². The topological polar surface area (TPSA) is 359 Å². The van der Waals surface area contributed by atoms with Gasteiger partial charge in [0.05, 0.1) is 198 Å². The molecular formula is C59H81N21O14. The van der Waals surface area contributed by atoms with Crippen molar-refractivity contribution in [3.63, 3.8) is 0 Å². The summed E-state index contributed by atoms with van der Waals surface area (Å²) in [5.41, 5.74) is 0. The zero-order valence-electron chi connectivity index (χ0n) is 53.0. The summed E-state index contributed by atoms with van der Waals surface area (Å²) in [6, 6.07) is 0. The highest BCUT2D eigenvalue weighted by molar-refractivity contribution is 5.64. The van der Waals surface area contributed by atoms with Crippen molar-refractivity contribution in [2.24, 2.45) is 5.92 Å². The lowest BCUT2D eigenvalue weighted by Gasteiger charge is -2.31. The molecule has 0 radical (unpaired) electrons. The molecule has 14 saturated heterocycles. The molecule has 18 heterocycles. The van der Waals surface area contributed by atoms with Crippen molar-refractivity contribution in [3.8, 4) is 0 Å². The van der Waals surface area contributed by atoms with Gasteiger partial charge in [-0.3, -0.25) is 14.7 Å². The van der Waals surface area contributed by atoms with Crippen molar-refractivity contribution < 1.29 is 66.3 Å². The summed E-state index contributed by atoms with van der Waals surface area (Å²) in [7, 11) is 0. The fourth-order valence-electron chi connectivity index (χ4n) is 11.4. The van der Waals surface area contributed by atoms with Crippen LogP contribution in [0.25, 0.3) is 0 Å². The Kier molecular flexibility index (Phi) is 16.4. The van der Waals surface area contributed by atoms with Crippen molar-refractivity contribution in [1.82, 2.24) is 59.8 Å². The minimum Gasteiger partial charge on any atom is -0.371 e. The molecule has 0 aromatic carbocycles. The van der Waals surface area contributed by atoms with Gasteiger partial charge in [-0.2, -0.15) is 59.8 Å². The number of anilines is 12. The van der Waals surface area contributed by atoms with Gasteiger partial charge < -0.3 is 95.7 Å². The van der Waals surface area contributed by atoms with Crippen LogP contribution in [0.1, 0.15) is 20.3 Å². The minimum atomic E-state index is -0.245. The molecule has 0 aliphatic carbocycles. The lowest BCUT2D eigenvalue weighted by atomic mass is 10.1. The molecule has 4 aromatic rings. The molecular weight excluding hydrogens is 1230 g/mol. The molecule has 0 N–H and O–H groups in total. The Bertz CT molecular complexity index is 3010. The van der Waals surface area contributed by atoms with Crippen molar-refractivity contribution in [3.05, 3.63) is 0 Å². The molecule has 0 amide bonds. The highest BCUT2D eigenvalue weighted by Gasteiger charge is 2.43. The standard InChI is InChI=1S/C59H81N21O14/c1-3-33(2)4-72(5-34-19-81-34)48-60-49(73(6-35-20-82-35)7-36-21-83-36)64-54(63-48)78(16-45-30-92-45)57-69-58(79(17-46-31-93-46)55-65-50(74(8-37-22-84-37)9-38-23-85-38)61-51(66-55)75(10-39-24-86-39)11-40-25-87-40)71-59(70-57)80(18-47-32-94-47)56-67-52(76(12-41-26-88-41)13-42-27-89-42)62-53(68-56)77(14-43-28-90-43)15-44-29-91-44/h33-47H,3-32H2,1-2H3. The van der Waals surface area contributed by atoms with Gasteiger partial charge >= 0.3 is 0 Å². The first kappa shape index (κ1) is 60.1. The molecule has 4 aromatic heterocycles. The molecule has 35 heteroatoms. The van der Waals surface area contributed by atoms with Crippen LogP contribution in [0.15, 0.2) is 0 Å². The maximum Gasteiger partial charge on any atom is 0.239 e. The lowest BCUT2D eigenvalue weighted by molar-refractivity contribution is 0.385. The average Bonchev–Trinajstić information content (AvgIpc) is 1.69. The number of epoxide rings is 14. The minimum absolute atomic E-state index is 0.00578. The van der Waals surface area contributed by atoms with Gasteiger partial charge in [-0.25, -0.2) is 0 Å². The number of nitrogens with zero attached hydrogens (tertiary/aromatic N) is 21. The quantitative estimate of drug-likeness (QED) is 0.0446. The summed E-state index contributed by atoms with van der Waals surface area (Å²) in [4.78, 5) is 83.8. The van der Waals surface area contributed by atoms with Gasteiger partial charge in [0.1, 0.15) is 0 Å². The van der Waals surface area contributed by atoms with Crippen LogP contribution < -0.4 is 44.1 Å². The smallest absolute Gasteiger partial charge is 0.239 e. The zero-order valence-corrected chi connectivity index (χ0v) is 53.0. The van der Waals surface area contributed by atoms with Crippen LogP contribution >= 0.6 is 0 Å². The third-order valence-corrected chi connectivity index (χ3v) is 18.2. The Hall–Kier alpha value is -6.32. The second-order valence-electron chi connectivity index (χ2n) is 27.1. The molecule has 0 bridgehead atoms. The van der Waals surface area contributed by atoms with Crippen LogP contribution in [0.3, 0.4) is 0 Å². The van der Waals surface area contributed by atoms with E-state index in [-0.39, 0.29) is 135 Å². The van der Waals surface area contributed by atoms with Crippen LogP contribution in [0.5, 0.6) is 0 Å². The van der Waals surface area contributed by atoms with E-state index in [0.29, 0.717) is 219 Å². The predicted molar refractivity (Wildman–Crippen MR) is 329 cm³/mol. The van der Waals surface area contributed by atoms with Gasteiger partial charge in [0.15, 0.2) is 0 Å². The lowest BCUT2D eigenvalue weighted by Crippen LogP contribution is -2.38. The number of ether oxygens (including phenoxy) is 14. The molecule has 18 rings (SSSR count). The molecule has 15 atom stereocenters. The summed E-state index contributed by atoms with van der Waals surface area (Å²) in [5.74, 6) is 4.49. The van der Waals surface area contributed by atoms with E-state index >= 15 is 0 Å². The monoisotopic (exact) mass is 1310 g/mol. The molecule has 14 fully saturated rings. The molecule has 0 saturated carbocycles. The van der Waals surface area contributed by atoms with Crippen molar-refractivity contribution in [2.75, 3.05) is 235 Å². The van der Waals surface area contributed by atoms with Gasteiger partial charge in [-0.15, -0.1) is 0 Å². The first-order valence-corrected chi connectivity index (χ1v) is 33.7. The van der Waals surface area contributed by atoms with Crippen LogP contribution in [0.4, 0.5) is 71.4 Å². The Morgan fingerprint density at radius 3 is 0.543 bits per heavy atom. The zero-order chi connectivity index (χ0) is 62.4. The maximum atomic E-state index is 6.15. The van der Waals surface area contributed by atoms with E-state index in [1.165, 1.54) is 0 Å². The van der Waals surface area contributed by atoms with Gasteiger partial charge in [-0.1, -0.05) is 20.3 Å². The summed E-state index contributed by atoms with van der Waals surface area (Å²) in [6.07, 6.45) is 0.323.